The van der Waals surface area contributed by atoms with E-state index in [1.165, 1.54) is 41.3 Å². The van der Waals surface area contributed by atoms with Crippen LogP contribution in [0.3, 0.4) is 0 Å². The number of rotatable bonds is 14. The third-order valence-electron chi connectivity index (χ3n) is 7.06. The van der Waals surface area contributed by atoms with Gasteiger partial charge in [0.2, 0.25) is 11.8 Å². The minimum Gasteiger partial charge on any atom is -0.494 e. The number of amides is 2. The van der Waals surface area contributed by atoms with Gasteiger partial charge in [-0.2, -0.15) is 0 Å². The van der Waals surface area contributed by atoms with Crippen molar-refractivity contribution in [3.05, 3.63) is 125 Å². The van der Waals surface area contributed by atoms with Gasteiger partial charge in [0.25, 0.3) is 10.0 Å². The molecular weight excluding hydrogens is 629 g/mol. The van der Waals surface area contributed by atoms with Crippen LogP contribution in [-0.2, 0) is 32.6 Å². The number of carbonyl (C=O) groups excluding carboxylic acids is 2. The topological polar surface area (TPSA) is 96.0 Å². The Bertz CT molecular complexity index is 1720. The van der Waals surface area contributed by atoms with Crippen molar-refractivity contribution in [2.75, 3.05) is 17.5 Å². The van der Waals surface area contributed by atoms with Gasteiger partial charge in [0.15, 0.2) is 0 Å². The van der Waals surface area contributed by atoms with Crippen LogP contribution in [0.1, 0.15) is 31.9 Å². The Labute approximate surface area is 274 Å². The average molecular weight is 666 g/mol. The first-order valence-electron chi connectivity index (χ1n) is 14.9. The predicted octanol–water partition coefficient (Wildman–Crippen LogP) is 6.24. The lowest BCUT2D eigenvalue weighted by molar-refractivity contribution is -0.140. The van der Waals surface area contributed by atoms with Crippen molar-refractivity contribution >= 4 is 39.1 Å². The van der Waals surface area contributed by atoms with Crippen LogP contribution >= 0.6 is 11.6 Å². The minimum absolute atomic E-state index is 0.0250. The molecule has 242 valence electrons. The van der Waals surface area contributed by atoms with E-state index in [2.05, 4.69) is 5.32 Å². The zero-order valence-electron chi connectivity index (χ0n) is 25.9. The number of hydrogen-bond donors (Lipinski definition) is 1. The van der Waals surface area contributed by atoms with Crippen LogP contribution in [0.15, 0.2) is 108 Å². The van der Waals surface area contributed by atoms with Gasteiger partial charge in [-0.15, -0.1) is 0 Å². The molecule has 0 fully saturated rings. The monoisotopic (exact) mass is 665 g/mol. The lowest BCUT2D eigenvalue weighted by Gasteiger charge is -2.34. The molecule has 0 aliphatic carbocycles. The molecule has 0 saturated heterocycles. The molecule has 0 radical (unpaired) electrons. The summed E-state index contributed by atoms with van der Waals surface area (Å²) in [5.41, 5.74) is 1.55. The summed E-state index contributed by atoms with van der Waals surface area (Å²) in [6.45, 7) is 5.17. The van der Waals surface area contributed by atoms with Crippen LogP contribution in [0.2, 0.25) is 5.02 Å². The molecular formula is C35H37ClFN3O5S. The van der Waals surface area contributed by atoms with Crippen molar-refractivity contribution in [2.45, 2.75) is 50.7 Å². The average Bonchev–Trinajstić information content (AvgIpc) is 3.02. The summed E-state index contributed by atoms with van der Waals surface area (Å²) in [6.07, 6.45) is 0.174. The van der Waals surface area contributed by atoms with Gasteiger partial charge in [0.05, 0.1) is 17.2 Å². The molecule has 11 heteroatoms. The Morgan fingerprint density at radius 2 is 1.54 bits per heavy atom. The summed E-state index contributed by atoms with van der Waals surface area (Å²) in [6, 6.07) is 25.6. The first kappa shape index (κ1) is 34.5. The zero-order chi connectivity index (χ0) is 33.3. The van der Waals surface area contributed by atoms with Crippen LogP contribution in [-0.4, -0.2) is 50.4 Å². The Balaban J connectivity index is 1.79. The lowest BCUT2D eigenvalue weighted by atomic mass is 10.0. The fourth-order valence-corrected chi connectivity index (χ4v) is 6.53. The normalized spacial score (nSPS) is 12.0. The molecule has 4 aromatic rings. The van der Waals surface area contributed by atoms with E-state index in [4.69, 9.17) is 16.3 Å². The quantitative estimate of drug-likeness (QED) is 0.172. The van der Waals surface area contributed by atoms with E-state index in [0.29, 0.717) is 22.9 Å². The van der Waals surface area contributed by atoms with Crippen LogP contribution in [0, 0.1) is 5.82 Å². The van der Waals surface area contributed by atoms with Crippen LogP contribution in [0.5, 0.6) is 5.75 Å². The number of anilines is 1. The highest BCUT2D eigenvalue weighted by molar-refractivity contribution is 7.92. The van der Waals surface area contributed by atoms with Gasteiger partial charge in [-0.1, -0.05) is 54.1 Å². The van der Waals surface area contributed by atoms with Gasteiger partial charge in [0.1, 0.15) is 24.2 Å². The van der Waals surface area contributed by atoms with E-state index in [0.717, 1.165) is 22.0 Å². The highest BCUT2D eigenvalue weighted by Gasteiger charge is 2.35. The van der Waals surface area contributed by atoms with E-state index in [1.54, 1.807) is 24.3 Å². The van der Waals surface area contributed by atoms with Gasteiger partial charge in [-0.25, -0.2) is 12.8 Å². The lowest BCUT2D eigenvalue weighted by Crippen LogP contribution is -2.54. The highest BCUT2D eigenvalue weighted by atomic mass is 35.5. The highest BCUT2D eigenvalue weighted by Crippen LogP contribution is 2.27. The second-order valence-corrected chi connectivity index (χ2v) is 13.2. The Morgan fingerprint density at radius 1 is 0.891 bits per heavy atom. The Hall–Kier alpha value is -4.41. The molecule has 8 nitrogen and oxygen atoms in total. The number of nitrogens with zero attached hydrogens (tertiary/aromatic N) is 2. The number of sulfonamides is 1. The summed E-state index contributed by atoms with van der Waals surface area (Å²) >= 11 is 6.27. The van der Waals surface area contributed by atoms with E-state index in [-0.39, 0.29) is 29.6 Å². The molecule has 46 heavy (non-hydrogen) atoms. The number of hydrogen-bond acceptors (Lipinski definition) is 5. The minimum atomic E-state index is -4.34. The summed E-state index contributed by atoms with van der Waals surface area (Å²) < 4.78 is 48.6. The second-order valence-electron chi connectivity index (χ2n) is 10.9. The molecule has 2 amide bonds. The van der Waals surface area contributed by atoms with Crippen molar-refractivity contribution in [2.24, 2.45) is 0 Å². The first-order chi connectivity index (χ1) is 22.0. The third kappa shape index (κ3) is 9.08. The molecule has 4 rings (SSSR count). The molecule has 0 aliphatic rings. The first-order valence-corrected chi connectivity index (χ1v) is 16.7. The van der Waals surface area contributed by atoms with Gasteiger partial charge in [-0.05, 0) is 92.6 Å². The van der Waals surface area contributed by atoms with Gasteiger partial charge in [0, 0.05) is 24.0 Å². The van der Waals surface area contributed by atoms with Crippen molar-refractivity contribution < 1.29 is 27.1 Å². The van der Waals surface area contributed by atoms with E-state index >= 15 is 0 Å². The number of nitrogens with one attached hydrogen (secondary N) is 1. The van der Waals surface area contributed by atoms with Crippen LogP contribution < -0.4 is 14.4 Å². The fourth-order valence-electron chi connectivity index (χ4n) is 4.90. The molecule has 4 aromatic carbocycles. The van der Waals surface area contributed by atoms with E-state index < -0.39 is 40.2 Å². The second kappa shape index (κ2) is 15.7. The van der Waals surface area contributed by atoms with Gasteiger partial charge < -0.3 is 15.0 Å². The largest absolute Gasteiger partial charge is 0.494 e. The predicted molar refractivity (Wildman–Crippen MR) is 178 cm³/mol. The Morgan fingerprint density at radius 3 is 2.15 bits per heavy atom. The van der Waals surface area contributed by atoms with Gasteiger partial charge >= 0.3 is 0 Å². The molecule has 0 unspecified atom stereocenters. The maximum absolute atomic E-state index is 14.4. The van der Waals surface area contributed by atoms with Crippen molar-refractivity contribution in [1.82, 2.24) is 10.2 Å². The van der Waals surface area contributed by atoms with Crippen LogP contribution in [0.25, 0.3) is 0 Å². The summed E-state index contributed by atoms with van der Waals surface area (Å²) in [7, 11) is -4.34. The molecule has 0 bridgehead atoms. The molecule has 0 heterocycles. The summed E-state index contributed by atoms with van der Waals surface area (Å²) in [4.78, 5) is 29.5. The molecule has 1 atom stereocenters. The number of benzene rings is 4. The van der Waals surface area contributed by atoms with Crippen LogP contribution in [0.4, 0.5) is 10.1 Å². The molecule has 1 N–H and O–H groups in total. The SMILES string of the molecule is CCOc1ccc(S(=O)(=O)N(CC(=O)N(Cc2cccc(Cl)c2)[C@@H](Cc2ccccc2)C(=O)NC(C)C)c2ccc(F)cc2)cc1. The van der Waals surface area contributed by atoms with Crippen molar-refractivity contribution in [1.29, 1.82) is 0 Å². The third-order valence-corrected chi connectivity index (χ3v) is 9.08. The van der Waals surface area contributed by atoms with Crippen molar-refractivity contribution in [3.63, 3.8) is 0 Å². The fraction of sp³-hybridized carbons (Fsp3) is 0.257. The summed E-state index contributed by atoms with van der Waals surface area (Å²) in [5.74, 6) is -1.11. The van der Waals surface area contributed by atoms with E-state index in [9.17, 15) is 22.4 Å². The molecule has 0 aromatic heterocycles. The number of halogens is 2. The summed E-state index contributed by atoms with van der Waals surface area (Å²) in [5, 5.41) is 3.36. The maximum Gasteiger partial charge on any atom is 0.264 e. The van der Waals surface area contributed by atoms with Gasteiger partial charge in [-0.3, -0.25) is 13.9 Å². The zero-order valence-corrected chi connectivity index (χ0v) is 27.5. The molecule has 0 spiro atoms. The maximum atomic E-state index is 14.4. The number of ether oxygens (including phenoxy) is 1. The molecule has 0 aliphatic heterocycles. The van der Waals surface area contributed by atoms with E-state index in [1.807, 2.05) is 51.1 Å². The Kier molecular flexibility index (Phi) is 11.8. The molecule has 0 saturated carbocycles. The standard InChI is InChI=1S/C35H37ClFN3O5S/c1-4-45-31-17-19-32(20-18-31)46(43,44)40(30-15-13-29(37)14-16-30)24-34(41)39(23-27-11-8-12-28(36)21-27)33(35(42)38-25(2)3)22-26-9-6-5-7-10-26/h5-21,25,33H,4,22-24H2,1-3H3,(H,38,42)/t33-/m0/s1. The smallest absolute Gasteiger partial charge is 0.264 e. The number of carbonyl (C=O) groups is 2. The van der Waals surface area contributed by atoms with Crippen molar-refractivity contribution in [3.8, 4) is 5.75 Å².